The van der Waals surface area contributed by atoms with Crippen molar-refractivity contribution in [2.75, 3.05) is 5.32 Å². The third kappa shape index (κ3) is 2.67. The highest BCUT2D eigenvalue weighted by Gasteiger charge is 2.12. The van der Waals surface area contributed by atoms with Crippen molar-refractivity contribution in [3.63, 3.8) is 0 Å². The van der Waals surface area contributed by atoms with Gasteiger partial charge in [0.05, 0.1) is 15.2 Å². The summed E-state index contributed by atoms with van der Waals surface area (Å²) in [7, 11) is 0. The van der Waals surface area contributed by atoms with Gasteiger partial charge in [0.25, 0.3) is 5.91 Å². The fourth-order valence-electron chi connectivity index (χ4n) is 2.26. The lowest BCUT2D eigenvalue weighted by Crippen LogP contribution is -2.13. The predicted octanol–water partition coefficient (Wildman–Crippen LogP) is 3.38. The molecule has 1 amide bonds. The summed E-state index contributed by atoms with van der Waals surface area (Å²) in [6.45, 7) is 6.67. The summed E-state index contributed by atoms with van der Waals surface area (Å²) in [6.07, 6.45) is 0. The lowest BCUT2D eigenvalue weighted by molar-refractivity contribution is 0.102. The fraction of sp³-hybridized carbons (Fsp3) is 0.267. The van der Waals surface area contributed by atoms with E-state index in [0.29, 0.717) is 5.69 Å². The Kier molecular flexibility index (Phi) is 3.47. The molecule has 3 aromatic rings. The first-order chi connectivity index (χ1) is 10.1. The van der Waals surface area contributed by atoms with Crippen molar-refractivity contribution in [2.45, 2.75) is 27.3 Å². The van der Waals surface area contributed by atoms with Gasteiger partial charge in [-0.2, -0.15) is 5.10 Å². The summed E-state index contributed by atoms with van der Waals surface area (Å²) in [4.78, 5) is 16.7. The van der Waals surface area contributed by atoms with E-state index >= 15 is 0 Å². The third-order valence-corrected chi connectivity index (χ3v) is 4.22. The monoisotopic (exact) mass is 300 g/mol. The number of amides is 1. The van der Waals surface area contributed by atoms with Crippen LogP contribution in [0.1, 0.15) is 28.1 Å². The molecule has 1 aromatic carbocycles. The Bertz CT molecular complexity index is 818. The first-order valence-corrected chi connectivity index (χ1v) is 7.61. The van der Waals surface area contributed by atoms with Crippen molar-refractivity contribution in [3.05, 3.63) is 40.7 Å². The Morgan fingerprint density at radius 3 is 2.86 bits per heavy atom. The van der Waals surface area contributed by atoms with Crippen molar-refractivity contribution in [1.29, 1.82) is 0 Å². The molecule has 0 bridgehead atoms. The highest BCUT2D eigenvalue weighted by Crippen LogP contribution is 2.24. The number of carbonyl (C=O) groups excluding carboxylic acids is 1. The number of carbonyl (C=O) groups is 1. The minimum absolute atomic E-state index is 0.198. The molecule has 0 atom stereocenters. The molecular weight excluding hydrogens is 284 g/mol. The van der Waals surface area contributed by atoms with E-state index < -0.39 is 0 Å². The molecule has 0 saturated carbocycles. The number of hydrogen-bond acceptors (Lipinski definition) is 4. The van der Waals surface area contributed by atoms with Gasteiger partial charge in [-0.05, 0) is 45.0 Å². The lowest BCUT2D eigenvalue weighted by Gasteiger charge is -2.02. The molecule has 2 heterocycles. The van der Waals surface area contributed by atoms with Gasteiger partial charge in [0.15, 0.2) is 5.69 Å². The molecule has 0 aliphatic carbocycles. The minimum Gasteiger partial charge on any atom is -0.321 e. The number of nitrogens with one attached hydrogen (secondary N) is 1. The van der Waals surface area contributed by atoms with Crippen molar-refractivity contribution in [1.82, 2.24) is 14.8 Å². The zero-order valence-electron chi connectivity index (χ0n) is 12.2. The topological polar surface area (TPSA) is 59.8 Å². The molecule has 21 heavy (non-hydrogen) atoms. The quantitative estimate of drug-likeness (QED) is 0.806. The number of hydrogen-bond donors (Lipinski definition) is 1. The molecular formula is C15H16N4OS. The molecule has 2 aromatic heterocycles. The molecule has 0 unspecified atom stereocenters. The first-order valence-electron chi connectivity index (χ1n) is 6.80. The maximum Gasteiger partial charge on any atom is 0.276 e. The normalized spacial score (nSPS) is 11.0. The van der Waals surface area contributed by atoms with E-state index in [0.717, 1.165) is 33.2 Å². The van der Waals surface area contributed by atoms with Crippen LogP contribution in [0.2, 0.25) is 0 Å². The molecule has 0 saturated heterocycles. The van der Waals surface area contributed by atoms with Gasteiger partial charge in [0.2, 0.25) is 0 Å². The molecule has 1 N–H and O–H groups in total. The van der Waals surface area contributed by atoms with E-state index in [-0.39, 0.29) is 5.91 Å². The van der Waals surface area contributed by atoms with Crippen molar-refractivity contribution >= 4 is 33.1 Å². The summed E-state index contributed by atoms with van der Waals surface area (Å²) < 4.78 is 2.93. The maximum absolute atomic E-state index is 12.2. The number of fused-ring (bicyclic) bond motifs is 1. The van der Waals surface area contributed by atoms with Crippen LogP contribution >= 0.6 is 11.3 Å². The van der Waals surface area contributed by atoms with Gasteiger partial charge in [0.1, 0.15) is 0 Å². The summed E-state index contributed by atoms with van der Waals surface area (Å²) in [5.41, 5.74) is 3.06. The van der Waals surface area contributed by atoms with Gasteiger partial charge in [-0.1, -0.05) is 0 Å². The maximum atomic E-state index is 12.2. The van der Waals surface area contributed by atoms with Crippen LogP contribution in [0.5, 0.6) is 0 Å². The minimum atomic E-state index is -0.198. The molecule has 5 nitrogen and oxygen atoms in total. The molecule has 0 fully saturated rings. The molecule has 0 aliphatic heterocycles. The number of aromatic nitrogens is 3. The number of anilines is 1. The van der Waals surface area contributed by atoms with Crippen LogP contribution in [0.15, 0.2) is 24.3 Å². The van der Waals surface area contributed by atoms with Crippen molar-refractivity contribution in [3.8, 4) is 0 Å². The largest absolute Gasteiger partial charge is 0.321 e. The summed E-state index contributed by atoms with van der Waals surface area (Å²) in [6, 6.07) is 7.55. The second-order valence-electron chi connectivity index (χ2n) is 4.86. The number of nitrogens with zero attached hydrogens (tertiary/aromatic N) is 3. The Morgan fingerprint density at radius 2 is 2.14 bits per heavy atom. The average molecular weight is 300 g/mol. The van der Waals surface area contributed by atoms with E-state index in [1.165, 1.54) is 0 Å². The smallest absolute Gasteiger partial charge is 0.276 e. The van der Waals surface area contributed by atoms with E-state index in [1.807, 2.05) is 43.7 Å². The van der Waals surface area contributed by atoms with E-state index in [1.54, 1.807) is 17.4 Å². The Morgan fingerprint density at radius 1 is 1.33 bits per heavy atom. The van der Waals surface area contributed by atoms with Gasteiger partial charge in [-0.25, -0.2) is 4.98 Å². The van der Waals surface area contributed by atoms with Crippen LogP contribution < -0.4 is 5.32 Å². The first kappa shape index (κ1) is 13.8. The van der Waals surface area contributed by atoms with Gasteiger partial charge >= 0.3 is 0 Å². The van der Waals surface area contributed by atoms with Crippen molar-refractivity contribution < 1.29 is 4.79 Å². The van der Waals surface area contributed by atoms with Crippen LogP contribution in [-0.4, -0.2) is 20.7 Å². The number of thiazole rings is 1. The highest BCUT2D eigenvalue weighted by molar-refractivity contribution is 7.18. The standard InChI is InChI=1S/C15H16N4OS/c1-4-19-9(2)7-13(18-19)15(20)17-11-5-6-14-12(8-11)16-10(3)21-14/h5-8H,4H2,1-3H3,(H,17,20). The third-order valence-electron chi connectivity index (χ3n) is 3.27. The zero-order chi connectivity index (χ0) is 15.0. The van der Waals surface area contributed by atoms with Crippen LogP contribution in [0.3, 0.4) is 0 Å². The lowest BCUT2D eigenvalue weighted by atomic mass is 10.3. The van der Waals surface area contributed by atoms with Gasteiger partial charge < -0.3 is 5.32 Å². The Labute approximate surface area is 126 Å². The Hall–Kier alpha value is -2.21. The van der Waals surface area contributed by atoms with Crippen LogP contribution in [0, 0.1) is 13.8 Å². The van der Waals surface area contributed by atoms with Gasteiger partial charge in [-0.15, -0.1) is 11.3 Å². The van der Waals surface area contributed by atoms with E-state index in [2.05, 4.69) is 15.4 Å². The molecule has 108 valence electrons. The predicted molar refractivity (Wildman–Crippen MR) is 84.9 cm³/mol. The average Bonchev–Trinajstić information content (AvgIpc) is 3.00. The zero-order valence-corrected chi connectivity index (χ0v) is 13.0. The highest BCUT2D eigenvalue weighted by atomic mass is 32.1. The summed E-state index contributed by atoms with van der Waals surface area (Å²) in [5, 5.41) is 8.18. The molecule has 6 heteroatoms. The van der Waals surface area contributed by atoms with Crippen molar-refractivity contribution in [2.24, 2.45) is 0 Å². The van der Waals surface area contributed by atoms with Crippen LogP contribution in [0.4, 0.5) is 5.69 Å². The molecule has 0 radical (unpaired) electrons. The van der Waals surface area contributed by atoms with Gasteiger partial charge in [-0.3, -0.25) is 9.48 Å². The summed E-state index contributed by atoms with van der Waals surface area (Å²) in [5.74, 6) is -0.198. The SMILES string of the molecule is CCn1nc(C(=O)Nc2ccc3sc(C)nc3c2)cc1C. The van der Waals surface area contributed by atoms with Crippen LogP contribution in [-0.2, 0) is 6.54 Å². The second kappa shape index (κ2) is 5.29. The number of aryl methyl sites for hydroxylation is 3. The second-order valence-corrected chi connectivity index (χ2v) is 6.09. The van der Waals surface area contributed by atoms with Crippen LogP contribution in [0.25, 0.3) is 10.2 Å². The number of benzene rings is 1. The summed E-state index contributed by atoms with van der Waals surface area (Å²) >= 11 is 1.64. The van der Waals surface area contributed by atoms with Gasteiger partial charge in [0, 0.05) is 17.9 Å². The fourth-order valence-corrected chi connectivity index (χ4v) is 3.06. The Balaban J connectivity index is 1.84. The molecule has 0 aliphatic rings. The number of rotatable bonds is 3. The van der Waals surface area contributed by atoms with E-state index in [9.17, 15) is 4.79 Å². The molecule has 0 spiro atoms. The van der Waals surface area contributed by atoms with E-state index in [4.69, 9.17) is 0 Å². The molecule has 3 rings (SSSR count).